The van der Waals surface area contributed by atoms with Crippen LogP contribution in [0.3, 0.4) is 0 Å². The van der Waals surface area contributed by atoms with Gasteiger partial charge in [-0.1, -0.05) is 17.3 Å². The number of benzene rings is 2. The van der Waals surface area contributed by atoms with E-state index in [0.717, 1.165) is 16.8 Å². The molecule has 2 aromatic carbocycles. The zero-order chi connectivity index (χ0) is 21.3. The smallest absolute Gasteiger partial charge is 0.278 e. The highest BCUT2D eigenvalue weighted by molar-refractivity contribution is 6.04. The van der Waals surface area contributed by atoms with Gasteiger partial charge in [-0.05, 0) is 50.1 Å². The van der Waals surface area contributed by atoms with Gasteiger partial charge in [-0.15, -0.1) is 5.10 Å². The van der Waals surface area contributed by atoms with Gasteiger partial charge < -0.3 is 20.1 Å². The van der Waals surface area contributed by atoms with Gasteiger partial charge in [-0.25, -0.2) is 4.68 Å². The van der Waals surface area contributed by atoms with Crippen LogP contribution in [0.5, 0.6) is 11.5 Å². The molecule has 0 aliphatic carbocycles. The Kier molecular flexibility index (Phi) is 5.09. The molecule has 0 spiro atoms. The zero-order valence-corrected chi connectivity index (χ0v) is 16.9. The minimum atomic E-state index is -0.372. The largest absolute Gasteiger partial charge is 0.454 e. The average Bonchev–Trinajstić information content (AvgIpc) is 3.32. The third-order valence-electron chi connectivity index (χ3n) is 5.00. The molecule has 0 saturated carbocycles. The van der Waals surface area contributed by atoms with Crippen LogP contribution in [-0.4, -0.2) is 33.6 Å². The maximum absolute atomic E-state index is 12.6. The minimum Gasteiger partial charge on any atom is -0.454 e. The lowest BCUT2D eigenvalue weighted by Gasteiger charge is -2.10. The summed E-state index contributed by atoms with van der Waals surface area (Å²) in [5, 5.41) is 13.5. The van der Waals surface area contributed by atoms with Crippen molar-refractivity contribution in [2.24, 2.45) is 0 Å². The third-order valence-corrected chi connectivity index (χ3v) is 5.00. The van der Waals surface area contributed by atoms with Crippen molar-refractivity contribution in [1.29, 1.82) is 0 Å². The highest BCUT2D eigenvalue weighted by atomic mass is 16.7. The van der Waals surface area contributed by atoms with Crippen molar-refractivity contribution in [2.75, 3.05) is 17.4 Å². The Bertz CT molecular complexity index is 1140. The van der Waals surface area contributed by atoms with Gasteiger partial charge in [0.2, 0.25) is 12.7 Å². The number of hydrogen-bond donors (Lipinski definition) is 2. The Labute approximate surface area is 173 Å². The number of nitrogens with zero attached hydrogens (tertiary/aromatic N) is 3. The quantitative estimate of drug-likeness (QED) is 0.673. The van der Waals surface area contributed by atoms with Crippen LogP contribution in [0.25, 0.3) is 0 Å². The predicted octanol–water partition coefficient (Wildman–Crippen LogP) is 2.82. The summed E-state index contributed by atoms with van der Waals surface area (Å²) in [5.74, 6) is 0.543. The SMILES string of the molecule is Cc1cccc(NC(=O)c2nnn(CC(=O)Nc3ccc4c(c3)OCO4)c2C)c1C. The summed E-state index contributed by atoms with van der Waals surface area (Å²) < 4.78 is 12.0. The Morgan fingerprint density at radius 2 is 1.87 bits per heavy atom. The fraction of sp³-hybridized carbons (Fsp3) is 0.238. The highest BCUT2D eigenvalue weighted by Crippen LogP contribution is 2.34. The molecule has 1 aliphatic heterocycles. The zero-order valence-electron chi connectivity index (χ0n) is 16.9. The molecule has 2 N–H and O–H groups in total. The summed E-state index contributed by atoms with van der Waals surface area (Å²) in [7, 11) is 0. The lowest BCUT2D eigenvalue weighted by Crippen LogP contribution is -2.21. The van der Waals surface area contributed by atoms with Crippen molar-refractivity contribution >= 4 is 23.2 Å². The fourth-order valence-corrected chi connectivity index (χ4v) is 3.10. The molecular weight excluding hydrogens is 386 g/mol. The van der Waals surface area contributed by atoms with Gasteiger partial charge in [0, 0.05) is 17.4 Å². The highest BCUT2D eigenvalue weighted by Gasteiger charge is 2.19. The summed E-state index contributed by atoms with van der Waals surface area (Å²) >= 11 is 0. The van der Waals surface area contributed by atoms with E-state index in [2.05, 4.69) is 20.9 Å². The van der Waals surface area contributed by atoms with Crippen LogP contribution >= 0.6 is 0 Å². The monoisotopic (exact) mass is 407 g/mol. The number of amides is 2. The second-order valence-corrected chi connectivity index (χ2v) is 7.00. The summed E-state index contributed by atoms with van der Waals surface area (Å²) in [6.07, 6.45) is 0. The van der Waals surface area contributed by atoms with Crippen LogP contribution in [0.15, 0.2) is 36.4 Å². The van der Waals surface area contributed by atoms with Gasteiger partial charge in [0.05, 0.1) is 5.69 Å². The van der Waals surface area contributed by atoms with Gasteiger partial charge in [-0.2, -0.15) is 0 Å². The second-order valence-electron chi connectivity index (χ2n) is 7.00. The molecule has 154 valence electrons. The first kappa shape index (κ1) is 19.4. The van der Waals surface area contributed by atoms with Crippen LogP contribution in [0, 0.1) is 20.8 Å². The van der Waals surface area contributed by atoms with Gasteiger partial charge in [0.25, 0.3) is 5.91 Å². The Hall–Kier alpha value is -3.88. The van der Waals surface area contributed by atoms with Crippen LogP contribution < -0.4 is 20.1 Å². The molecule has 9 nitrogen and oxygen atoms in total. The van der Waals surface area contributed by atoms with Crippen molar-refractivity contribution < 1.29 is 19.1 Å². The molecule has 2 heterocycles. The number of nitrogens with one attached hydrogen (secondary N) is 2. The predicted molar refractivity (Wildman–Crippen MR) is 110 cm³/mol. The van der Waals surface area contributed by atoms with Crippen LogP contribution in [0.4, 0.5) is 11.4 Å². The van der Waals surface area contributed by atoms with E-state index < -0.39 is 0 Å². The maximum atomic E-state index is 12.6. The Morgan fingerprint density at radius 3 is 2.70 bits per heavy atom. The van der Waals surface area contributed by atoms with Crippen molar-refractivity contribution in [3.63, 3.8) is 0 Å². The molecule has 30 heavy (non-hydrogen) atoms. The first-order chi connectivity index (χ1) is 14.4. The molecule has 0 radical (unpaired) electrons. The number of aryl methyl sites for hydroxylation is 1. The molecule has 0 saturated heterocycles. The molecule has 0 fully saturated rings. The Balaban J connectivity index is 1.43. The molecule has 0 atom stereocenters. The van der Waals surface area contributed by atoms with E-state index in [1.807, 2.05) is 32.0 Å². The number of aromatic nitrogens is 3. The molecule has 1 aliphatic rings. The first-order valence-corrected chi connectivity index (χ1v) is 9.39. The van der Waals surface area contributed by atoms with Crippen molar-refractivity contribution in [1.82, 2.24) is 15.0 Å². The third kappa shape index (κ3) is 3.82. The molecule has 4 rings (SSSR count). The lowest BCUT2D eigenvalue weighted by atomic mass is 10.1. The van der Waals surface area contributed by atoms with Gasteiger partial charge in [0.15, 0.2) is 17.2 Å². The van der Waals surface area contributed by atoms with Crippen molar-refractivity contribution in [2.45, 2.75) is 27.3 Å². The molecular formula is C21H21N5O4. The molecule has 2 amide bonds. The molecule has 1 aromatic heterocycles. The average molecular weight is 407 g/mol. The van der Waals surface area contributed by atoms with Gasteiger partial charge in [0.1, 0.15) is 6.54 Å². The van der Waals surface area contributed by atoms with E-state index >= 15 is 0 Å². The van der Waals surface area contributed by atoms with Crippen molar-refractivity contribution in [3.05, 3.63) is 58.9 Å². The van der Waals surface area contributed by atoms with E-state index in [1.165, 1.54) is 4.68 Å². The van der Waals surface area contributed by atoms with E-state index in [9.17, 15) is 9.59 Å². The second kappa shape index (κ2) is 7.86. The molecule has 3 aromatic rings. The number of ether oxygens (including phenoxy) is 2. The first-order valence-electron chi connectivity index (χ1n) is 9.39. The maximum Gasteiger partial charge on any atom is 0.278 e. The minimum absolute atomic E-state index is 0.0793. The number of carbonyl (C=O) groups is 2. The number of hydrogen-bond acceptors (Lipinski definition) is 6. The van der Waals surface area contributed by atoms with E-state index in [1.54, 1.807) is 25.1 Å². The van der Waals surface area contributed by atoms with E-state index in [-0.39, 0.29) is 30.8 Å². The molecule has 0 unspecified atom stereocenters. The summed E-state index contributed by atoms with van der Waals surface area (Å²) in [4.78, 5) is 25.1. The normalized spacial score (nSPS) is 12.0. The summed E-state index contributed by atoms with van der Waals surface area (Å²) in [6.45, 7) is 5.70. The van der Waals surface area contributed by atoms with E-state index in [4.69, 9.17) is 9.47 Å². The van der Waals surface area contributed by atoms with Crippen LogP contribution in [0.2, 0.25) is 0 Å². The summed E-state index contributed by atoms with van der Waals surface area (Å²) in [5.41, 5.74) is 4.03. The van der Waals surface area contributed by atoms with Crippen LogP contribution in [-0.2, 0) is 11.3 Å². The van der Waals surface area contributed by atoms with Gasteiger partial charge >= 0.3 is 0 Å². The molecule has 9 heteroatoms. The number of rotatable bonds is 5. The fourth-order valence-electron chi connectivity index (χ4n) is 3.10. The summed E-state index contributed by atoms with van der Waals surface area (Å²) in [6, 6.07) is 10.8. The number of anilines is 2. The van der Waals surface area contributed by atoms with Crippen LogP contribution in [0.1, 0.15) is 27.3 Å². The topological polar surface area (TPSA) is 107 Å². The van der Waals surface area contributed by atoms with E-state index in [0.29, 0.717) is 22.9 Å². The number of carbonyl (C=O) groups excluding carboxylic acids is 2. The lowest BCUT2D eigenvalue weighted by molar-refractivity contribution is -0.117. The number of fused-ring (bicyclic) bond motifs is 1. The van der Waals surface area contributed by atoms with Crippen molar-refractivity contribution in [3.8, 4) is 11.5 Å². The Morgan fingerprint density at radius 1 is 1.07 bits per heavy atom. The molecule has 0 bridgehead atoms. The standard InChI is InChI=1S/C21H21N5O4/c1-12-5-4-6-16(13(12)2)23-21(28)20-14(3)26(25-24-20)10-19(27)22-15-7-8-17-18(9-15)30-11-29-17/h4-9H,10-11H2,1-3H3,(H,22,27)(H,23,28). The van der Waals surface area contributed by atoms with Gasteiger partial charge in [-0.3, -0.25) is 9.59 Å².